The molecule has 0 saturated heterocycles. The molecule has 19 heavy (non-hydrogen) atoms. The topological polar surface area (TPSA) is 28.4 Å². The van der Waals surface area contributed by atoms with E-state index in [2.05, 4.69) is 5.32 Å². The summed E-state index contributed by atoms with van der Waals surface area (Å²) in [4.78, 5) is 2.03. The van der Waals surface area contributed by atoms with E-state index >= 15 is 0 Å². The van der Waals surface area contributed by atoms with Crippen molar-refractivity contribution in [3.8, 4) is 0 Å². The van der Waals surface area contributed by atoms with Gasteiger partial charge >= 0.3 is 0 Å². The Bertz CT molecular complexity index is 511. The summed E-state index contributed by atoms with van der Waals surface area (Å²) in [5, 5.41) is 3.17. The molecular weight excluding hydrogens is 243 g/mol. The van der Waals surface area contributed by atoms with Gasteiger partial charge in [0.25, 0.3) is 0 Å². The van der Waals surface area contributed by atoms with Crippen molar-refractivity contribution in [2.24, 2.45) is 0 Å². The molecule has 1 aromatic carbocycles. The van der Waals surface area contributed by atoms with Gasteiger partial charge in [-0.1, -0.05) is 13.0 Å². The van der Waals surface area contributed by atoms with Crippen molar-refractivity contribution >= 4 is 5.69 Å². The number of hydrogen-bond donors (Lipinski definition) is 1. The van der Waals surface area contributed by atoms with Crippen molar-refractivity contribution < 1.29 is 8.81 Å². The quantitative estimate of drug-likeness (QED) is 0.866. The molecule has 0 saturated carbocycles. The third kappa shape index (κ3) is 3.35. The highest BCUT2D eigenvalue weighted by atomic mass is 19.1. The van der Waals surface area contributed by atoms with E-state index in [0.717, 1.165) is 17.8 Å². The number of benzene rings is 1. The minimum atomic E-state index is -0.169. The van der Waals surface area contributed by atoms with Gasteiger partial charge in [-0.15, -0.1) is 0 Å². The van der Waals surface area contributed by atoms with E-state index in [4.69, 9.17) is 4.42 Å². The van der Waals surface area contributed by atoms with Crippen molar-refractivity contribution in [2.45, 2.75) is 20.0 Å². The summed E-state index contributed by atoms with van der Waals surface area (Å²) in [6.45, 7) is 4.06. The zero-order valence-corrected chi connectivity index (χ0v) is 11.3. The van der Waals surface area contributed by atoms with E-state index in [1.165, 1.54) is 6.07 Å². The predicted molar refractivity (Wildman–Crippen MR) is 74.6 cm³/mol. The molecule has 0 aliphatic heterocycles. The number of furan rings is 1. The molecule has 0 fully saturated rings. The molecule has 0 spiro atoms. The highest BCUT2D eigenvalue weighted by molar-refractivity contribution is 5.54. The summed E-state index contributed by atoms with van der Waals surface area (Å²) in [7, 11) is 1.96. The Hall–Kier alpha value is -1.81. The first-order valence-corrected chi connectivity index (χ1v) is 6.42. The Morgan fingerprint density at radius 3 is 2.84 bits per heavy atom. The zero-order valence-electron chi connectivity index (χ0n) is 11.3. The molecule has 2 rings (SSSR count). The summed E-state index contributed by atoms with van der Waals surface area (Å²) in [6, 6.07) is 7.10. The van der Waals surface area contributed by atoms with Crippen LogP contribution in [0.5, 0.6) is 0 Å². The predicted octanol–water partition coefficient (Wildman–Crippen LogP) is 3.16. The molecule has 0 unspecified atom stereocenters. The summed E-state index contributed by atoms with van der Waals surface area (Å²) in [6.07, 6.45) is 3.36. The molecule has 2 aromatic rings. The third-order valence-electron chi connectivity index (χ3n) is 3.06. The van der Waals surface area contributed by atoms with Gasteiger partial charge in [-0.05, 0) is 24.7 Å². The highest BCUT2D eigenvalue weighted by Crippen LogP contribution is 2.23. The maximum atomic E-state index is 13.9. The summed E-state index contributed by atoms with van der Waals surface area (Å²) >= 11 is 0. The lowest BCUT2D eigenvalue weighted by Crippen LogP contribution is -2.21. The van der Waals surface area contributed by atoms with Gasteiger partial charge in [0.05, 0.1) is 12.5 Å². The van der Waals surface area contributed by atoms with Gasteiger partial charge in [-0.3, -0.25) is 0 Å². The first kappa shape index (κ1) is 13.6. The van der Waals surface area contributed by atoms with Crippen molar-refractivity contribution in [1.29, 1.82) is 0 Å². The first-order valence-electron chi connectivity index (χ1n) is 6.42. The van der Waals surface area contributed by atoms with Crippen LogP contribution in [0.4, 0.5) is 10.1 Å². The SMILES string of the molecule is CCNCc1c(F)cccc1N(C)Cc1ccoc1. The monoisotopic (exact) mass is 262 g/mol. The minimum Gasteiger partial charge on any atom is -0.472 e. The fourth-order valence-electron chi connectivity index (χ4n) is 2.07. The van der Waals surface area contributed by atoms with Crippen LogP contribution in [0, 0.1) is 5.82 Å². The second-order valence-electron chi connectivity index (χ2n) is 4.51. The Kier molecular flexibility index (Phi) is 4.58. The lowest BCUT2D eigenvalue weighted by molar-refractivity contribution is 0.563. The van der Waals surface area contributed by atoms with Crippen molar-refractivity contribution in [3.05, 3.63) is 53.7 Å². The smallest absolute Gasteiger partial charge is 0.129 e. The van der Waals surface area contributed by atoms with Gasteiger partial charge in [-0.2, -0.15) is 0 Å². The van der Waals surface area contributed by atoms with Gasteiger partial charge in [0.1, 0.15) is 5.82 Å². The molecule has 1 N–H and O–H groups in total. The Balaban J connectivity index is 2.20. The van der Waals surface area contributed by atoms with Crippen LogP contribution in [-0.4, -0.2) is 13.6 Å². The Morgan fingerprint density at radius 2 is 2.16 bits per heavy atom. The van der Waals surface area contributed by atoms with Crippen molar-refractivity contribution in [1.82, 2.24) is 5.32 Å². The molecule has 0 atom stereocenters. The van der Waals surface area contributed by atoms with Gasteiger partial charge in [0.15, 0.2) is 0 Å². The molecule has 3 nitrogen and oxygen atoms in total. The molecule has 0 radical (unpaired) electrons. The van der Waals surface area contributed by atoms with Gasteiger partial charge < -0.3 is 14.6 Å². The lowest BCUT2D eigenvalue weighted by Gasteiger charge is -2.22. The zero-order chi connectivity index (χ0) is 13.7. The van der Waals surface area contributed by atoms with Crippen LogP contribution in [-0.2, 0) is 13.1 Å². The lowest BCUT2D eigenvalue weighted by atomic mass is 10.1. The van der Waals surface area contributed by atoms with Gasteiger partial charge in [0.2, 0.25) is 0 Å². The number of rotatable bonds is 6. The van der Waals surface area contributed by atoms with Crippen LogP contribution in [0.15, 0.2) is 41.2 Å². The van der Waals surface area contributed by atoms with E-state index in [-0.39, 0.29) is 5.82 Å². The van der Waals surface area contributed by atoms with E-state index in [9.17, 15) is 4.39 Å². The van der Waals surface area contributed by atoms with Gasteiger partial charge in [-0.25, -0.2) is 4.39 Å². The van der Waals surface area contributed by atoms with Crippen molar-refractivity contribution in [2.75, 3.05) is 18.5 Å². The van der Waals surface area contributed by atoms with Crippen molar-refractivity contribution in [3.63, 3.8) is 0 Å². The Labute approximate surface area is 113 Å². The molecule has 1 heterocycles. The standard InChI is InChI=1S/C15H19FN2O/c1-3-17-9-13-14(16)5-4-6-15(13)18(2)10-12-7-8-19-11-12/h4-8,11,17H,3,9-10H2,1-2H3. The molecule has 0 aliphatic carbocycles. The number of nitrogens with one attached hydrogen (secondary N) is 1. The molecule has 4 heteroatoms. The minimum absolute atomic E-state index is 0.169. The van der Waals surface area contributed by atoms with E-state index in [1.807, 2.05) is 31.0 Å². The van der Waals surface area contributed by atoms with Crippen LogP contribution >= 0.6 is 0 Å². The Morgan fingerprint density at radius 1 is 1.32 bits per heavy atom. The highest BCUT2D eigenvalue weighted by Gasteiger charge is 2.12. The van der Waals surface area contributed by atoms with Crippen LogP contribution < -0.4 is 10.2 Å². The summed E-state index contributed by atoms with van der Waals surface area (Å²) < 4.78 is 19.0. The third-order valence-corrected chi connectivity index (χ3v) is 3.06. The molecule has 0 aliphatic rings. The molecule has 0 bridgehead atoms. The average molecular weight is 262 g/mol. The average Bonchev–Trinajstić information content (AvgIpc) is 2.90. The number of hydrogen-bond acceptors (Lipinski definition) is 3. The first-order chi connectivity index (χ1) is 9.22. The van der Waals surface area contributed by atoms with Crippen LogP contribution in [0.1, 0.15) is 18.1 Å². The molecule has 0 amide bonds. The van der Waals surface area contributed by atoms with E-state index in [0.29, 0.717) is 18.7 Å². The second-order valence-corrected chi connectivity index (χ2v) is 4.51. The molecule has 102 valence electrons. The molecular formula is C15H19FN2O. The van der Waals surface area contributed by atoms with E-state index in [1.54, 1.807) is 18.6 Å². The largest absolute Gasteiger partial charge is 0.472 e. The number of nitrogens with zero attached hydrogens (tertiary/aromatic N) is 1. The second kappa shape index (κ2) is 6.38. The fraction of sp³-hybridized carbons (Fsp3) is 0.333. The fourth-order valence-corrected chi connectivity index (χ4v) is 2.07. The normalized spacial score (nSPS) is 10.7. The summed E-state index contributed by atoms with van der Waals surface area (Å²) in [5.74, 6) is -0.169. The van der Waals surface area contributed by atoms with E-state index < -0.39 is 0 Å². The maximum absolute atomic E-state index is 13.9. The number of anilines is 1. The van der Waals surface area contributed by atoms with Crippen LogP contribution in [0.3, 0.4) is 0 Å². The van der Waals surface area contributed by atoms with Crippen LogP contribution in [0.25, 0.3) is 0 Å². The number of halogens is 1. The van der Waals surface area contributed by atoms with Crippen LogP contribution in [0.2, 0.25) is 0 Å². The molecule has 1 aromatic heterocycles. The van der Waals surface area contributed by atoms with Gasteiger partial charge in [0, 0.05) is 37.0 Å². The summed E-state index contributed by atoms with van der Waals surface area (Å²) in [5.41, 5.74) is 2.68. The maximum Gasteiger partial charge on any atom is 0.129 e.